The molecule has 0 spiro atoms. The molecule has 2 aromatic rings. The van der Waals surface area contributed by atoms with Crippen LogP contribution in [0, 0.1) is 6.92 Å². The summed E-state index contributed by atoms with van der Waals surface area (Å²) < 4.78 is 8.30. The van der Waals surface area contributed by atoms with Crippen LogP contribution in [0.3, 0.4) is 0 Å². The molecular formula is C22H33NO3SSi. The molecule has 0 radical (unpaired) electrons. The number of hydrogen-bond acceptors (Lipinski definition) is 4. The minimum atomic E-state index is -1.38. The molecule has 0 bridgehead atoms. The summed E-state index contributed by atoms with van der Waals surface area (Å²) in [5.74, 6) is 0. The van der Waals surface area contributed by atoms with E-state index in [0.717, 1.165) is 5.56 Å². The number of carbonyl (C=O) groups excluding carboxylic acids is 1. The highest BCUT2D eigenvalue weighted by molar-refractivity contribution is 7.31. The van der Waals surface area contributed by atoms with Gasteiger partial charge in [0.05, 0.1) is 13.7 Å². The second kappa shape index (κ2) is 7.15. The summed E-state index contributed by atoms with van der Waals surface area (Å²) >= 11 is 1.91. The Morgan fingerprint density at radius 2 is 1.82 bits per heavy atom. The second-order valence-corrected chi connectivity index (χ2v) is 16.4. The average Bonchev–Trinajstić information content (AvgIpc) is 2.90. The summed E-state index contributed by atoms with van der Waals surface area (Å²) in [6, 6.07) is 6.40. The lowest BCUT2D eigenvalue weighted by atomic mass is 9.84. The Labute approximate surface area is 173 Å². The molecule has 4 nitrogen and oxygen atoms in total. The van der Waals surface area contributed by atoms with Gasteiger partial charge in [-0.1, -0.05) is 25.7 Å². The molecular weight excluding hydrogens is 386 g/mol. The van der Waals surface area contributed by atoms with Crippen molar-refractivity contribution in [2.75, 3.05) is 13.1 Å². The van der Waals surface area contributed by atoms with Gasteiger partial charge >= 0.3 is 6.09 Å². The fourth-order valence-electron chi connectivity index (χ4n) is 3.90. The quantitative estimate of drug-likeness (QED) is 0.699. The van der Waals surface area contributed by atoms with E-state index >= 15 is 0 Å². The molecule has 1 saturated heterocycles. The van der Waals surface area contributed by atoms with E-state index in [0.29, 0.717) is 25.9 Å². The van der Waals surface area contributed by atoms with Gasteiger partial charge in [-0.15, -0.1) is 11.3 Å². The molecule has 3 rings (SSSR count). The number of aliphatic hydroxyl groups is 1. The van der Waals surface area contributed by atoms with Crippen molar-refractivity contribution >= 4 is 40.1 Å². The first-order valence-electron chi connectivity index (χ1n) is 10.0. The Kier molecular flexibility index (Phi) is 5.45. The number of ether oxygens (including phenoxy) is 1. The van der Waals surface area contributed by atoms with Gasteiger partial charge in [0.15, 0.2) is 0 Å². The van der Waals surface area contributed by atoms with Crippen molar-refractivity contribution in [3.05, 3.63) is 29.3 Å². The van der Waals surface area contributed by atoms with E-state index in [1.807, 2.05) is 32.1 Å². The Morgan fingerprint density at radius 3 is 2.36 bits per heavy atom. The van der Waals surface area contributed by atoms with Gasteiger partial charge in [0.25, 0.3) is 0 Å². The number of nitrogens with zero attached hydrogens (tertiary/aromatic N) is 1. The molecule has 1 aromatic heterocycles. The summed E-state index contributed by atoms with van der Waals surface area (Å²) in [4.78, 5) is 14.0. The topological polar surface area (TPSA) is 49.8 Å². The maximum absolute atomic E-state index is 12.3. The summed E-state index contributed by atoms with van der Waals surface area (Å²) in [6.07, 6.45) is 0.766. The zero-order chi connectivity index (χ0) is 20.9. The van der Waals surface area contributed by atoms with Crippen molar-refractivity contribution in [2.24, 2.45) is 0 Å². The second-order valence-electron chi connectivity index (χ2n) is 10.0. The van der Waals surface area contributed by atoms with Crippen molar-refractivity contribution in [1.29, 1.82) is 0 Å². The van der Waals surface area contributed by atoms with Gasteiger partial charge in [-0.25, -0.2) is 4.79 Å². The number of thiophene rings is 1. The van der Waals surface area contributed by atoms with Crippen molar-refractivity contribution in [3.8, 4) is 0 Å². The van der Waals surface area contributed by atoms with Gasteiger partial charge < -0.3 is 14.7 Å². The maximum Gasteiger partial charge on any atom is 0.410 e. The molecule has 0 atom stereocenters. The predicted octanol–water partition coefficient (Wildman–Crippen LogP) is 4.97. The number of likely N-dealkylation sites (tertiary alicyclic amines) is 1. The van der Waals surface area contributed by atoms with Crippen LogP contribution in [-0.2, 0) is 10.3 Å². The van der Waals surface area contributed by atoms with E-state index < -0.39 is 19.3 Å². The molecule has 1 aromatic carbocycles. The Bertz CT molecular complexity index is 884. The average molecular weight is 420 g/mol. The smallest absolute Gasteiger partial charge is 0.410 e. The third-order valence-corrected chi connectivity index (χ3v) is 10.4. The van der Waals surface area contributed by atoms with Gasteiger partial charge in [0.1, 0.15) is 5.60 Å². The highest BCUT2D eigenvalue weighted by Crippen LogP contribution is 2.36. The minimum Gasteiger partial charge on any atom is -0.444 e. The van der Waals surface area contributed by atoms with Gasteiger partial charge in [0.2, 0.25) is 0 Å². The first-order valence-corrected chi connectivity index (χ1v) is 14.4. The van der Waals surface area contributed by atoms with Crippen molar-refractivity contribution < 1.29 is 14.6 Å². The number of carbonyl (C=O) groups is 1. The number of rotatable bonds is 2. The molecule has 154 valence electrons. The molecule has 1 aliphatic heterocycles. The van der Waals surface area contributed by atoms with Crippen LogP contribution in [0.4, 0.5) is 4.79 Å². The number of aryl methyl sites for hydroxylation is 1. The van der Waals surface area contributed by atoms with Crippen LogP contribution in [-0.4, -0.2) is 42.9 Å². The van der Waals surface area contributed by atoms with E-state index in [9.17, 15) is 9.90 Å². The molecule has 28 heavy (non-hydrogen) atoms. The monoisotopic (exact) mass is 419 g/mol. The molecule has 1 aliphatic rings. The predicted molar refractivity (Wildman–Crippen MR) is 120 cm³/mol. The molecule has 0 aliphatic carbocycles. The molecule has 2 heterocycles. The number of hydrogen-bond donors (Lipinski definition) is 1. The summed E-state index contributed by atoms with van der Waals surface area (Å²) in [6.45, 7) is 16.0. The molecule has 0 saturated carbocycles. The van der Waals surface area contributed by atoms with Crippen LogP contribution in [0.15, 0.2) is 18.2 Å². The van der Waals surface area contributed by atoms with Crippen LogP contribution >= 0.6 is 11.3 Å². The highest BCUT2D eigenvalue weighted by atomic mass is 32.1. The van der Waals surface area contributed by atoms with Crippen LogP contribution in [0.5, 0.6) is 0 Å². The van der Waals surface area contributed by atoms with Crippen LogP contribution in [0.25, 0.3) is 10.1 Å². The fraction of sp³-hybridized carbons (Fsp3) is 0.591. The maximum atomic E-state index is 12.3. The Balaban J connectivity index is 1.81. The number of piperidine rings is 1. The Morgan fingerprint density at radius 1 is 1.21 bits per heavy atom. The van der Waals surface area contributed by atoms with Gasteiger partial charge in [-0.3, -0.25) is 0 Å². The van der Waals surface area contributed by atoms with E-state index in [2.05, 4.69) is 44.8 Å². The summed E-state index contributed by atoms with van der Waals surface area (Å²) in [5.41, 5.74) is 0.948. The summed E-state index contributed by atoms with van der Waals surface area (Å²) in [7, 11) is -1.38. The van der Waals surface area contributed by atoms with Gasteiger partial charge in [-0.05, 0) is 73.7 Å². The Hall–Kier alpha value is -1.37. The summed E-state index contributed by atoms with van der Waals surface area (Å²) in [5, 5.41) is 12.6. The number of amides is 1. The lowest BCUT2D eigenvalue weighted by Gasteiger charge is -2.39. The highest BCUT2D eigenvalue weighted by Gasteiger charge is 2.37. The van der Waals surface area contributed by atoms with Gasteiger partial charge in [0, 0.05) is 17.8 Å². The van der Waals surface area contributed by atoms with Crippen LogP contribution < -0.4 is 4.50 Å². The van der Waals surface area contributed by atoms with Crippen molar-refractivity contribution in [3.63, 3.8) is 0 Å². The van der Waals surface area contributed by atoms with E-state index in [1.54, 1.807) is 4.90 Å². The molecule has 1 N–H and O–H groups in total. The number of fused-ring (bicyclic) bond motifs is 1. The van der Waals surface area contributed by atoms with Crippen molar-refractivity contribution in [1.82, 2.24) is 4.90 Å². The lowest BCUT2D eigenvalue weighted by Crippen LogP contribution is -2.46. The fourth-order valence-corrected chi connectivity index (χ4v) is 7.66. The van der Waals surface area contributed by atoms with Gasteiger partial charge in [-0.2, -0.15) is 0 Å². The molecule has 1 amide bonds. The number of benzene rings is 1. The largest absolute Gasteiger partial charge is 0.444 e. The zero-order valence-electron chi connectivity index (χ0n) is 18.2. The molecule has 6 heteroatoms. The van der Waals surface area contributed by atoms with Crippen molar-refractivity contribution in [2.45, 2.75) is 71.4 Å². The third kappa shape index (κ3) is 4.29. The van der Waals surface area contributed by atoms with Crippen LogP contribution in [0.2, 0.25) is 19.6 Å². The first kappa shape index (κ1) is 21.3. The molecule has 0 unspecified atom stereocenters. The van der Waals surface area contributed by atoms with E-state index in [-0.39, 0.29) is 6.09 Å². The molecule has 1 fully saturated rings. The standard InChI is InChI=1S/C22H33NO3SSi/c1-15-17-14-16(8-9-18(17)27-19(15)28(5,6)7)22(25)10-12-23(13-11-22)20(24)26-21(2,3)4/h8-9,14,25H,10-13H2,1-7H3. The normalized spacial score (nSPS) is 17.8. The minimum absolute atomic E-state index is 0.293. The first-order chi connectivity index (χ1) is 12.8. The van der Waals surface area contributed by atoms with Crippen LogP contribution in [0.1, 0.15) is 44.7 Å². The zero-order valence-corrected chi connectivity index (χ0v) is 20.0. The SMILES string of the molecule is Cc1c([Si](C)(C)C)sc2ccc(C3(O)CCN(C(=O)OC(C)(C)C)CC3)cc12. The van der Waals surface area contributed by atoms with E-state index in [4.69, 9.17) is 4.74 Å². The third-order valence-electron chi connectivity index (χ3n) is 5.40. The lowest BCUT2D eigenvalue weighted by molar-refractivity contribution is -0.0355. The van der Waals surface area contributed by atoms with E-state index in [1.165, 1.54) is 20.2 Å².